The minimum atomic E-state index is 0.833. The van der Waals surface area contributed by atoms with Crippen molar-refractivity contribution in [1.29, 1.82) is 0 Å². The smallest absolute Gasteiger partial charge is 0.160 e. The minimum absolute atomic E-state index is 0.833. The fourth-order valence-corrected chi connectivity index (χ4v) is 18.6. The van der Waals surface area contributed by atoms with Gasteiger partial charge in [-0.05, 0) is 152 Å². The highest BCUT2D eigenvalue weighted by Crippen LogP contribution is 2.48. The van der Waals surface area contributed by atoms with Crippen molar-refractivity contribution in [2.24, 2.45) is 0 Å². The van der Waals surface area contributed by atoms with Gasteiger partial charge < -0.3 is 0 Å². The summed E-state index contributed by atoms with van der Waals surface area (Å²) in [6.45, 7) is 4.56. The fraction of sp³-hybridized carbons (Fsp3) is 0.339. The molecule has 0 aliphatic carbocycles. The third-order valence-corrected chi connectivity index (χ3v) is 24.3. The number of rotatable bonds is 25. The molecule has 0 saturated carbocycles. The van der Waals surface area contributed by atoms with Crippen molar-refractivity contribution in [2.45, 2.75) is 116 Å². The van der Waals surface area contributed by atoms with E-state index < -0.39 is 0 Å². The van der Waals surface area contributed by atoms with E-state index in [1.165, 1.54) is 161 Å². The Morgan fingerprint density at radius 1 is 0.441 bits per heavy atom. The van der Waals surface area contributed by atoms with E-state index in [-0.39, 0.29) is 0 Å². The SMILES string of the molecule is CCCCCCCCc1cc(C#Cc2ccc(C(=C(c3ccc(SC)s3)c3ccc(SC)s3)c3ccc(SC)s3)s2)sc1-c1ccc(-c2ccc(-c3sc(C=O)cc3CCCCCCCC)s2)s1. The van der Waals surface area contributed by atoms with Gasteiger partial charge in [-0.15, -0.1) is 126 Å². The van der Waals surface area contributed by atoms with Crippen LogP contribution in [0.3, 0.4) is 0 Å². The zero-order valence-electron chi connectivity index (χ0n) is 39.5. The lowest BCUT2D eigenvalue weighted by Gasteiger charge is -2.12. The largest absolute Gasteiger partial charge is 0.297 e. The van der Waals surface area contributed by atoms with Crippen LogP contribution in [0, 0.1) is 11.8 Å². The third kappa shape index (κ3) is 13.4. The highest BCUT2D eigenvalue weighted by Gasteiger charge is 2.23. The molecule has 8 aromatic heterocycles. The topological polar surface area (TPSA) is 17.1 Å². The number of thiophene rings is 8. The van der Waals surface area contributed by atoms with Crippen molar-refractivity contribution in [3.05, 3.63) is 130 Å². The molecule has 0 saturated heterocycles. The molecule has 8 heterocycles. The van der Waals surface area contributed by atoms with Gasteiger partial charge in [0.25, 0.3) is 0 Å². The fourth-order valence-electron chi connectivity index (χ4n) is 8.25. The molecule has 0 bridgehead atoms. The van der Waals surface area contributed by atoms with E-state index in [1.807, 2.05) is 115 Å². The number of thioether (sulfide) groups is 3. The van der Waals surface area contributed by atoms with E-state index in [0.29, 0.717) is 0 Å². The summed E-state index contributed by atoms with van der Waals surface area (Å²) in [4.78, 5) is 28.0. The Bertz CT molecular complexity index is 2910. The quantitative estimate of drug-likeness (QED) is 0.0245. The molecule has 0 radical (unpaired) electrons. The van der Waals surface area contributed by atoms with Crippen LogP contribution in [-0.2, 0) is 12.8 Å². The first kappa shape index (κ1) is 52.0. The van der Waals surface area contributed by atoms with E-state index in [1.54, 1.807) is 11.3 Å². The summed E-state index contributed by atoms with van der Waals surface area (Å²) >= 11 is 20.2. The summed E-state index contributed by atoms with van der Waals surface area (Å²) in [5.41, 5.74) is 5.38. The lowest BCUT2D eigenvalue weighted by molar-refractivity contribution is 0.112. The second-order valence-corrected chi connectivity index (χ2v) is 28.5. The van der Waals surface area contributed by atoms with Gasteiger partial charge in [0.05, 0.1) is 27.3 Å². The van der Waals surface area contributed by atoms with Gasteiger partial charge in [0, 0.05) is 59.9 Å². The standard InChI is InChI=1S/C56H58OS11/c1-6-8-10-12-14-16-18-37-34-40(62-55(37)48-26-24-42(64-48)43-25-27-49(65-43)56-38(35-41(36-57)63-56)19-17-15-13-11-9-7-2)21-20-39-22-23-44(61-39)53(45-28-31-50(58-3)66-45)54(46-29-32-51(59-4)67-46)47-30-33-52(60-5)68-47/h22-36H,6-19H2,1-5H3. The highest BCUT2D eigenvalue weighted by atomic mass is 32.2. The molecule has 0 aromatic carbocycles. The maximum Gasteiger partial charge on any atom is 0.160 e. The summed E-state index contributed by atoms with van der Waals surface area (Å²) in [5, 5.41) is 0. The molecule has 12 heteroatoms. The van der Waals surface area contributed by atoms with Gasteiger partial charge in [0.1, 0.15) is 0 Å². The average molecular weight is 1100 g/mol. The molecule has 68 heavy (non-hydrogen) atoms. The zero-order valence-corrected chi connectivity index (χ0v) is 48.4. The third-order valence-electron chi connectivity index (χ3n) is 11.8. The van der Waals surface area contributed by atoms with E-state index in [2.05, 4.69) is 129 Å². The monoisotopic (exact) mass is 1100 g/mol. The number of unbranched alkanes of at least 4 members (excludes halogenated alkanes) is 10. The van der Waals surface area contributed by atoms with Crippen LogP contribution in [0.25, 0.3) is 40.4 Å². The second-order valence-electron chi connectivity index (χ2n) is 16.6. The van der Waals surface area contributed by atoms with E-state index in [0.717, 1.165) is 33.8 Å². The summed E-state index contributed by atoms with van der Waals surface area (Å²) in [5.74, 6) is 7.33. The number of aryl methyl sites for hydroxylation is 2. The van der Waals surface area contributed by atoms with Gasteiger partial charge in [0.15, 0.2) is 6.29 Å². The van der Waals surface area contributed by atoms with Gasteiger partial charge in [-0.1, -0.05) is 78.1 Å². The van der Waals surface area contributed by atoms with Crippen LogP contribution in [0.2, 0.25) is 0 Å². The average Bonchev–Trinajstić information content (AvgIpc) is 4.22. The second kappa shape index (κ2) is 26.4. The Morgan fingerprint density at radius 2 is 0.868 bits per heavy atom. The molecule has 0 fully saturated rings. The summed E-state index contributed by atoms with van der Waals surface area (Å²) in [7, 11) is 0. The van der Waals surface area contributed by atoms with Crippen molar-refractivity contribution in [2.75, 3.05) is 18.8 Å². The Labute approximate surface area is 450 Å². The van der Waals surface area contributed by atoms with Gasteiger partial charge in [-0.3, -0.25) is 4.79 Å². The predicted octanol–water partition coefficient (Wildman–Crippen LogP) is 21.4. The summed E-state index contributed by atoms with van der Waals surface area (Å²) in [6, 6.07) is 32.0. The predicted molar refractivity (Wildman–Crippen MR) is 317 cm³/mol. The molecular weight excluding hydrogens is 1040 g/mol. The molecular formula is C56H58OS11. The molecule has 8 rings (SSSR count). The lowest BCUT2D eigenvalue weighted by Crippen LogP contribution is -1.90. The Kier molecular flexibility index (Phi) is 20.1. The molecule has 1 nitrogen and oxygen atoms in total. The van der Waals surface area contributed by atoms with Gasteiger partial charge >= 0.3 is 0 Å². The highest BCUT2D eigenvalue weighted by molar-refractivity contribution is 8.01. The number of carbonyl (C=O) groups excluding carboxylic acids is 1. The molecule has 8 aromatic rings. The van der Waals surface area contributed by atoms with Crippen molar-refractivity contribution in [3.63, 3.8) is 0 Å². The van der Waals surface area contributed by atoms with Crippen LogP contribution in [0.4, 0.5) is 0 Å². The number of hydrogen-bond donors (Lipinski definition) is 0. The zero-order chi connectivity index (χ0) is 47.2. The van der Waals surface area contributed by atoms with Gasteiger partial charge in [-0.25, -0.2) is 0 Å². The van der Waals surface area contributed by atoms with Gasteiger partial charge in [0.2, 0.25) is 0 Å². The molecule has 0 N–H and O–H groups in total. The van der Waals surface area contributed by atoms with Crippen LogP contribution in [0.1, 0.15) is 141 Å². The first-order valence-electron chi connectivity index (χ1n) is 23.6. The lowest BCUT2D eigenvalue weighted by atomic mass is 10.0. The molecule has 0 spiro atoms. The minimum Gasteiger partial charge on any atom is -0.297 e. The van der Waals surface area contributed by atoms with Crippen molar-refractivity contribution in [1.82, 2.24) is 0 Å². The first-order chi connectivity index (χ1) is 33.4. The van der Waals surface area contributed by atoms with Crippen molar-refractivity contribution >= 4 is 143 Å². The number of aldehydes is 1. The number of hydrogen-bond acceptors (Lipinski definition) is 12. The van der Waals surface area contributed by atoms with E-state index in [4.69, 9.17) is 0 Å². The Morgan fingerprint density at radius 3 is 1.35 bits per heavy atom. The molecule has 0 amide bonds. The van der Waals surface area contributed by atoms with E-state index in [9.17, 15) is 4.79 Å². The Balaban J connectivity index is 1.08. The maximum atomic E-state index is 11.9. The normalized spacial score (nSPS) is 11.4. The number of carbonyl (C=O) groups is 1. The summed E-state index contributed by atoms with van der Waals surface area (Å²) < 4.78 is 3.98. The van der Waals surface area contributed by atoms with Crippen LogP contribution in [-0.4, -0.2) is 25.1 Å². The van der Waals surface area contributed by atoms with Crippen molar-refractivity contribution < 1.29 is 4.79 Å². The van der Waals surface area contributed by atoms with Crippen molar-refractivity contribution in [3.8, 4) is 41.1 Å². The van der Waals surface area contributed by atoms with Crippen LogP contribution in [0.15, 0.2) is 97.6 Å². The molecule has 0 aliphatic rings. The molecule has 0 aliphatic heterocycles. The van der Waals surface area contributed by atoms with Gasteiger partial charge in [-0.2, -0.15) is 0 Å². The molecule has 0 atom stereocenters. The summed E-state index contributed by atoms with van der Waals surface area (Å²) in [6.07, 6.45) is 25.0. The van der Waals surface area contributed by atoms with Crippen LogP contribution in [0.5, 0.6) is 0 Å². The molecule has 354 valence electrons. The first-order valence-corrected chi connectivity index (χ1v) is 33.8. The maximum absolute atomic E-state index is 11.9. The molecule has 0 unspecified atom stereocenters. The van der Waals surface area contributed by atoms with Crippen LogP contribution < -0.4 is 0 Å². The Hall–Kier alpha value is -2.38. The van der Waals surface area contributed by atoms with E-state index >= 15 is 0 Å². The van der Waals surface area contributed by atoms with Crippen LogP contribution >= 0.6 is 126 Å².